The molecule has 0 aliphatic heterocycles. The molecule has 22 heavy (non-hydrogen) atoms. The van der Waals surface area contributed by atoms with Gasteiger partial charge in [0.25, 0.3) is 0 Å². The van der Waals surface area contributed by atoms with Crippen molar-refractivity contribution in [1.82, 2.24) is 0 Å². The van der Waals surface area contributed by atoms with Crippen LogP contribution >= 0.6 is 12.4 Å². The van der Waals surface area contributed by atoms with Gasteiger partial charge in [-0.15, -0.1) is 12.4 Å². The number of hydrogen-bond acceptors (Lipinski definition) is 7. The van der Waals surface area contributed by atoms with E-state index in [2.05, 4.69) is 0 Å². The maximum atomic E-state index is 11.1. The second-order valence-electron chi connectivity index (χ2n) is 3.89. The largest absolute Gasteiger partial charge is 0.478 e. The van der Waals surface area contributed by atoms with E-state index in [4.69, 9.17) is 19.3 Å². The van der Waals surface area contributed by atoms with E-state index < -0.39 is 23.9 Å². The molecule has 0 saturated heterocycles. The molecule has 1 aromatic rings. The summed E-state index contributed by atoms with van der Waals surface area (Å²) in [5.74, 6) is -4.66. The fraction of sp³-hybridized carbons (Fsp3) is 0.231. The standard InChI is InChI=1S/C13H12O8.ClH/c1-6(14)19-10-4-9(13(17)18)5-11(20-7(2)15)12(10)21-8(3)16;/h4-5H,1-3H3,(H,17,18);1H. The van der Waals surface area contributed by atoms with Gasteiger partial charge in [0.1, 0.15) is 0 Å². The van der Waals surface area contributed by atoms with Crippen molar-refractivity contribution in [3.05, 3.63) is 17.7 Å². The minimum atomic E-state index is -1.34. The van der Waals surface area contributed by atoms with Crippen molar-refractivity contribution in [3.8, 4) is 17.2 Å². The van der Waals surface area contributed by atoms with Crippen LogP contribution in [0.3, 0.4) is 0 Å². The van der Waals surface area contributed by atoms with Crippen LogP contribution in [0, 0.1) is 0 Å². The van der Waals surface area contributed by atoms with E-state index in [1.54, 1.807) is 0 Å². The van der Waals surface area contributed by atoms with Crippen molar-refractivity contribution in [2.45, 2.75) is 20.8 Å². The van der Waals surface area contributed by atoms with Crippen molar-refractivity contribution in [2.75, 3.05) is 0 Å². The third-order valence-corrected chi connectivity index (χ3v) is 2.02. The van der Waals surface area contributed by atoms with E-state index in [0.29, 0.717) is 0 Å². The van der Waals surface area contributed by atoms with Crippen molar-refractivity contribution in [1.29, 1.82) is 0 Å². The lowest BCUT2D eigenvalue weighted by molar-refractivity contribution is -0.135. The molecule has 0 aliphatic carbocycles. The Bertz CT molecular complexity index is 585. The minimum absolute atomic E-state index is 0. The smallest absolute Gasteiger partial charge is 0.335 e. The minimum Gasteiger partial charge on any atom is -0.478 e. The number of aromatic carboxylic acids is 1. The third-order valence-electron chi connectivity index (χ3n) is 2.02. The number of esters is 3. The van der Waals surface area contributed by atoms with Crippen molar-refractivity contribution in [3.63, 3.8) is 0 Å². The van der Waals surface area contributed by atoms with E-state index in [0.717, 1.165) is 32.9 Å². The highest BCUT2D eigenvalue weighted by atomic mass is 35.5. The average molecular weight is 333 g/mol. The number of carboxylic acids is 1. The fourth-order valence-corrected chi connectivity index (χ4v) is 1.41. The van der Waals surface area contributed by atoms with Gasteiger partial charge in [-0.1, -0.05) is 0 Å². The Balaban J connectivity index is 0.00000441. The lowest BCUT2D eigenvalue weighted by Gasteiger charge is -2.13. The summed E-state index contributed by atoms with van der Waals surface area (Å²) in [5.41, 5.74) is -0.307. The first-order chi connectivity index (χ1) is 9.70. The predicted octanol–water partition coefficient (Wildman–Crippen LogP) is 1.58. The molecule has 0 aromatic heterocycles. The lowest BCUT2D eigenvalue weighted by atomic mass is 10.2. The maximum Gasteiger partial charge on any atom is 0.335 e. The summed E-state index contributed by atoms with van der Waals surface area (Å²) in [6, 6.07) is 1.96. The number of halogens is 1. The number of carbonyl (C=O) groups excluding carboxylic acids is 3. The van der Waals surface area contributed by atoms with Crippen LogP contribution in [-0.2, 0) is 14.4 Å². The molecule has 0 unspecified atom stereocenters. The first-order valence-corrected chi connectivity index (χ1v) is 5.67. The highest BCUT2D eigenvalue weighted by molar-refractivity contribution is 5.91. The van der Waals surface area contributed by atoms with E-state index in [9.17, 15) is 19.2 Å². The molecule has 0 radical (unpaired) electrons. The number of ether oxygens (including phenoxy) is 3. The Morgan fingerprint density at radius 2 is 1.18 bits per heavy atom. The molecule has 0 fully saturated rings. The Labute approximate surface area is 131 Å². The molecule has 0 spiro atoms. The number of carboxylic acid groups (broad SMARTS) is 1. The first-order valence-electron chi connectivity index (χ1n) is 5.67. The summed E-state index contributed by atoms with van der Waals surface area (Å²) in [6.45, 7) is 3.24. The van der Waals surface area contributed by atoms with Crippen LogP contribution in [-0.4, -0.2) is 29.0 Å². The summed E-state index contributed by atoms with van der Waals surface area (Å²) in [5, 5.41) is 8.99. The van der Waals surface area contributed by atoms with Gasteiger partial charge in [-0.2, -0.15) is 0 Å². The van der Waals surface area contributed by atoms with Crippen LogP contribution in [0.5, 0.6) is 17.2 Å². The van der Waals surface area contributed by atoms with Gasteiger partial charge in [0, 0.05) is 20.8 Å². The topological polar surface area (TPSA) is 116 Å². The summed E-state index contributed by atoms with van der Waals surface area (Å²) in [4.78, 5) is 44.2. The normalized spacial score (nSPS) is 9.23. The van der Waals surface area contributed by atoms with Crippen molar-refractivity contribution >= 4 is 36.3 Å². The van der Waals surface area contributed by atoms with Crippen molar-refractivity contribution in [2.24, 2.45) is 0 Å². The van der Waals surface area contributed by atoms with Gasteiger partial charge in [0.15, 0.2) is 11.5 Å². The predicted molar refractivity (Wildman–Crippen MR) is 74.6 cm³/mol. The highest BCUT2D eigenvalue weighted by Gasteiger charge is 2.22. The molecule has 1 rings (SSSR count). The third kappa shape index (κ3) is 5.41. The fourth-order valence-electron chi connectivity index (χ4n) is 1.41. The summed E-state index contributed by atoms with van der Waals surface area (Å²) < 4.78 is 14.4. The molecule has 0 atom stereocenters. The Morgan fingerprint density at radius 1 is 0.818 bits per heavy atom. The SMILES string of the molecule is CC(=O)Oc1cc(C(=O)O)cc(OC(C)=O)c1OC(C)=O.Cl. The van der Waals surface area contributed by atoms with Crippen LogP contribution in [0.2, 0.25) is 0 Å². The zero-order chi connectivity index (χ0) is 16.2. The zero-order valence-corrected chi connectivity index (χ0v) is 12.7. The summed E-state index contributed by atoms with van der Waals surface area (Å²) in [7, 11) is 0. The summed E-state index contributed by atoms with van der Waals surface area (Å²) in [6.07, 6.45) is 0. The number of carbonyl (C=O) groups is 4. The number of rotatable bonds is 4. The van der Waals surface area contributed by atoms with Gasteiger partial charge < -0.3 is 19.3 Å². The van der Waals surface area contributed by atoms with Gasteiger partial charge >= 0.3 is 23.9 Å². The number of hydrogen-bond donors (Lipinski definition) is 1. The molecule has 1 aromatic carbocycles. The van der Waals surface area contributed by atoms with Crippen molar-refractivity contribution < 1.29 is 38.5 Å². The zero-order valence-electron chi connectivity index (χ0n) is 11.9. The van der Waals surface area contributed by atoms with Gasteiger partial charge in [0.05, 0.1) is 5.56 Å². The maximum absolute atomic E-state index is 11.1. The second-order valence-corrected chi connectivity index (χ2v) is 3.89. The Hall–Kier alpha value is -2.61. The van der Waals surface area contributed by atoms with E-state index in [1.807, 2.05) is 0 Å². The summed E-state index contributed by atoms with van der Waals surface area (Å²) >= 11 is 0. The monoisotopic (exact) mass is 332 g/mol. The van der Waals surface area contributed by atoms with Gasteiger partial charge in [-0.3, -0.25) is 14.4 Å². The van der Waals surface area contributed by atoms with Gasteiger partial charge in [-0.05, 0) is 12.1 Å². The molecular formula is C13H13ClO8. The molecule has 8 nitrogen and oxygen atoms in total. The average Bonchev–Trinajstić information content (AvgIpc) is 2.30. The lowest BCUT2D eigenvalue weighted by Crippen LogP contribution is -2.12. The van der Waals surface area contributed by atoms with Crippen LogP contribution < -0.4 is 14.2 Å². The molecular weight excluding hydrogens is 320 g/mol. The van der Waals surface area contributed by atoms with Gasteiger partial charge in [-0.25, -0.2) is 4.79 Å². The van der Waals surface area contributed by atoms with Gasteiger partial charge in [0.2, 0.25) is 5.75 Å². The Morgan fingerprint density at radius 3 is 1.45 bits per heavy atom. The van der Waals surface area contributed by atoms with Crippen LogP contribution in [0.1, 0.15) is 31.1 Å². The highest BCUT2D eigenvalue weighted by Crippen LogP contribution is 2.39. The quantitative estimate of drug-likeness (QED) is 0.652. The van der Waals surface area contributed by atoms with Crippen LogP contribution in [0.15, 0.2) is 12.1 Å². The molecule has 0 saturated carbocycles. The molecule has 1 N–H and O–H groups in total. The van der Waals surface area contributed by atoms with Crippen LogP contribution in [0.25, 0.3) is 0 Å². The van der Waals surface area contributed by atoms with Crippen LogP contribution in [0.4, 0.5) is 0 Å². The molecule has 0 bridgehead atoms. The Kier molecular flexibility index (Phi) is 7.04. The first kappa shape index (κ1) is 19.4. The van der Waals surface area contributed by atoms with E-state index in [-0.39, 0.29) is 35.2 Å². The molecule has 9 heteroatoms. The molecule has 0 aliphatic rings. The van der Waals surface area contributed by atoms with E-state index in [1.165, 1.54) is 0 Å². The second kappa shape index (κ2) is 7.99. The molecule has 0 heterocycles. The van der Waals surface area contributed by atoms with E-state index >= 15 is 0 Å². The molecule has 0 amide bonds. The number of benzene rings is 1. The molecule has 120 valence electrons.